The second-order valence-electron chi connectivity index (χ2n) is 14.9. The lowest BCUT2D eigenvalue weighted by Crippen LogP contribution is -2.51. The van der Waals surface area contributed by atoms with Crippen molar-refractivity contribution >= 4 is 5.97 Å². The van der Waals surface area contributed by atoms with Crippen molar-refractivity contribution < 1.29 is 14.3 Å². The maximum atomic E-state index is 13.0. The summed E-state index contributed by atoms with van der Waals surface area (Å²) in [5.41, 5.74) is 3.02. The summed E-state index contributed by atoms with van der Waals surface area (Å²) in [5.74, 6) is 5.74. The second kappa shape index (κ2) is 12.2. The Balaban J connectivity index is 1.21. The lowest BCUT2D eigenvalue weighted by atomic mass is 9.47. The van der Waals surface area contributed by atoms with Crippen LogP contribution in [0.2, 0.25) is 0 Å². The molecular weight excluding hydrogens is 492 g/mol. The normalized spacial score (nSPS) is 35.8. The molecule has 0 unspecified atom stereocenters. The number of hydrogen-bond acceptors (Lipinski definition) is 3. The molecule has 4 aliphatic rings. The van der Waals surface area contributed by atoms with Crippen molar-refractivity contribution in [3.05, 3.63) is 41.5 Å². The van der Waals surface area contributed by atoms with E-state index in [0.29, 0.717) is 17.6 Å². The van der Waals surface area contributed by atoms with E-state index in [0.717, 1.165) is 66.9 Å². The number of carbonyl (C=O) groups is 1. The molecule has 0 N–H and O–H groups in total. The number of fused-ring (bicyclic) bond motifs is 5. The summed E-state index contributed by atoms with van der Waals surface area (Å²) < 4.78 is 11.7. The van der Waals surface area contributed by atoms with Crippen LogP contribution in [0.3, 0.4) is 0 Å². The lowest BCUT2D eigenvalue weighted by Gasteiger charge is -2.58. The topological polar surface area (TPSA) is 35.5 Å². The molecule has 0 spiro atoms. The Kier molecular flexibility index (Phi) is 9.08. The first kappa shape index (κ1) is 29.7. The summed E-state index contributed by atoms with van der Waals surface area (Å²) in [6.45, 7) is 15.3. The highest BCUT2D eigenvalue weighted by atomic mass is 16.5. The maximum Gasteiger partial charge on any atom is 0.338 e. The van der Waals surface area contributed by atoms with Gasteiger partial charge in [0, 0.05) is 6.42 Å². The molecule has 5 rings (SSSR count). The van der Waals surface area contributed by atoms with Crippen molar-refractivity contribution in [2.45, 2.75) is 125 Å². The highest BCUT2D eigenvalue weighted by Gasteiger charge is 2.59. The number of ether oxygens (including phenoxy) is 2. The molecule has 0 radical (unpaired) electrons. The summed E-state index contributed by atoms with van der Waals surface area (Å²) in [4.78, 5) is 13.0. The minimum Gasteiger partial charge on any atom is -0.494 e. The van der Waals surface area contributed by atoms with Crippen LogP contribution in [0.15, 0.2) is 35.9 Å². The Bertz CT molecular complexity index is 1040. The predicted octanol–water partition coefficient (Wildman–Crippen LogP) is 10.0. The summed E-state index contributed by atoms with van der Waals surface area (Å²) in [7, 11) is 0. The van der Waals surface area contributed by atoms with E-state index in [1.807, 2.05) is 24.3 Å². The van der Waals surface area contributed by atoms with E-state index in [9.17, 15) is 4.79 Å². The molecule has 3 saturated carbocycles. The smallest absolute Gasteiger partial charge is 0.338 e. The van der Waals surface area contributed by atoms with Crippen LogP contribution in [0.1, 0.15) is 129 Å². The molecule has 0 aromatic heterocycles. The molecule has 3 nitrogen and oxygen atoms in total. The van der Waals surface area contributed by atoms with E-state index < -0.39 is 0 Å². The van der Waals surface area contributed by atoms with Gasteiger partial charge in [0.25, 0.3) is 0 Å². The van der Waals surface area contributed by atoms with Gasteiger partial charge in [0.1, 0.15) is 11.9 Å². The average Bonchev–Trinajstić information content (AvgIpc) is 3.29. The zero-order chi connectivity index (χ0) is 28.5. The van der Waals surface area contributed by atoms with Crippen LogP contribution in [0.25, 0.3) is 0 Å². The molecule has 0 bridgehead atoms. The fourth-order valence-electron chi connectivity index (χ4n) is 9.88. The largest absolute Gasteiger partial charge is 0.494 e. The van der Waals surface area contributed by atoms with Gasteiger partial charge in [0.15, 0.2) is 0 Å². The first-order chi connectivity index (χ1) is 19.2. The molecule has 0 amide bonds. The Morgan fingerprint density at radius 3 is 2.48 bits per heavy atom. The summed E-state index contributed by atoms with van der Waals surface area (Å²) in [6.07, 6.45) is 17.8. The lowest BCUT2D eigenvalue weighted by molar-refractivity contribution is -0.0594. The highest BCUT2D eigenvalue weighted by Crippen LogP contribution is 2.67. The Hall–Kier alpha value is -1.77. The molecule has 3 heteroatoms. The minimum absolute atomic E-state index is 0.00389. The van der Waals surface area contributed by atoms with Crippen molar-refractivity contribution in [2.24, 2.45) is 46.3 Å². The van der Waals surface area contributed by atoms with Crippen LogP contribution in [0.5, 0.6) is 5.75 Å². The molecule has 40 heavy (non-hydrogen) atoms. The van der Waals surface area contributed by atoms with Crippen LogP contribution in [-0.4, -0.2) is 18.7 Å². The number of hydrogen-bond donors (Lipinski definition) is 0. The van der Waals surface area contributed by atoms with Crippen molar-refractivity contribution in [3.63, 3.8) is 0 Å². The van der Waals surface area contributed by atoms with Gasteiger partial charge in [0.05, 0.1) is 12.2 Å². The van der Waals surface area contributed by atoms with Crippen molar-refractivity contribution in [1.29, 1.82) is 0 Å². The molecule has 4 aliphatic carbocycles. The fourth-order valence-corrected chi connectivity index (χ4v) is 9.88. The second-order valence-corrected chi connectivity index (χ2v) is 14.9. The minimum atomic E-state index is -0.196. The third-order valence-electron chi connectivity index (χ3n) is 12.1. The van der Waals surface area contributed by atoms with Crippen molar-refractivity contribution in [2.75, 3.05) is 6.61 Å². The van der Waals surface area contributed by atoms with Crippen LogP contribution in [-0.2, 0) is 4.74 Å². The summed E-state index contributed by atoms with van der Waals surface area (Å²) in [6, 6.07) is 7.43. The Labute approximate surface area is 244 Å². The van der Waals surface area contributed by atoms with Gasteiger partial charge in [-0.05, 0) is 122 Å². The molecule has 0 heterocycles. The number of esters is 1. The molecule has 8 atom stereocenters. The quantitative estimate of drug-likeness (QED) is 0.215. The fraction of sp³-hybridized carbons (Fsp3) is 0.757. The van der Waals surface area contributed by atoms with Crippen LogP contribution in [0.4, 0.5) is 0 Å². The van der Waals surface area contributed by atoms with Gasteiger partial charge in [0.2, 0.25) is 0 Å². The first-order valence-electron chi connectivity index (χ1n) is 16.8. The van der Waals surface area contributed by atoms with E-state index in [1.165, 1.54) is 51.4 Å². The van der Waals surface area contributed by atoms with Gasteiger partial charge >= 0.3 is 5.97 Å². The molecular formula is C37H56O3. The monoisotopic (exact) mass is 548 g/mol. The molecule has 0 saturated heterocycles. The zero-order valence-electron chi connectivity index (χ0n) is 26.3. The Morgan fingerprint density at radius 2 is 1.75 bits per heavy atom. The third-order valence-corrected chi connectivity index (χ3v) is 12.1. The summed E-state index contributed by atoms with van der Waals surface area (Å²) >= 11 is 0. The molecule has 1 aromatic rings. The molecule has 0 aliphatic heterocycles. The van der Waals surface area contributed by atoms with Crippen LogP contribution in [0, 0.1) is 46.3 Å². The standard InChI is InChI=1S/C37H56O3/c1-7-23-39-29-14-11-27(12-15-29)35(38)40-30-19-21-36(5)28(24-30)13-16-31-33-18-17-32(26(4)10-8-9-25(2)3)37(33,6)22-20-34(31)36/h11-15,25-26,30-34H,7-10,16-24H2,1-6H3/t26-,30-,31+,32-,33+,34+,36+,37-/m1/s1. The molecule has 222 valence electrons. The Morgan fingerprint density at radius 1 is 0.975 bits per heavy atom. The molecule has 3 fully saturated rings. The van der Waals surface area contributed by atoms with E-state index >= 15 is 0 Å². The van der Waals surface area contributed by atoms with Crippen molar-refractivity contribution in [3.8, 4) is 5.75 Å². The SMILES string of the molecule is CCCOc1ccc(C(=O)O[C@@H]2CC[C@@]3(C)C(=CC[C@H]4[C@@H]5CC[C@H]([C@H](C)CCCC(C)C)[C@@]5(C)CC[C@@H]43)C2)cc1. The third kappa shape index (κ3) is 5.78. The van der Waals surface area contributed by atoms with E-state index in [4.69, 9.17) is 9.47 Å². The van der Waals surface area contributed by atoms with Gasteiger partial charge in [-0.1, -0.05) is 72.5 Å². The average molecular weight is 549 g/mol. The van der Waals surface area contributed by atoms with Gasteiger partial charge in [-0.2, -0.15) is 0 Å². The van der Waals surface area contributed by atoms with Crippen LogP contribution < -0.4 is 4.74 Å². The van der Waals surface area contributed by atoms with E-state index in [2.05, 4.69) is 47.6 Å². The van der Waals surface area contributed by atoms with Gasteiger partial charge in [-0.15, -0.1) is 0 Å². The van der Waals surface area contributed by atoms with Gasteiger partial charge in [-0.25, -0.2) is 4.79 Å². The number of benzene rings is 1. The number of allylic oxidation sites excluding steroid dienone is 1. The van der Waals surface area contributed by atoms with Crippen LogP contribution >= 0.6 is 0 Å². The van der Waals surface area contributed by atoms with E-state index in [-0.39, 0.29) is 17.5 Å². The highest BCUT2D eigenvalue weighted by molar-refractivity contribution is 5.89. The number of carbonyl (C=O) groups excluding carboxylic acids is 1. The zero-order valence-corrected chi connectivity index (χ0v) is 26.3. The van der Waals surface area contributed by atoms with Crippen molar-refractivity contribution in [1.82, 2.24) is 0 Å². The van der Waals surface area contributed by atoms with Gasteiger partial charge in [-0.3, -0.25) is 0 Å². The molecule has 1 aromatic carbocycles. The summed E-state index contributed by atoms with van der Waals surface area (Å²) in [5, 5.41) is 0. The van der Waals surface area contributed by atoms with Gasteiger partial charge < -0.3 is 9.47 Å². The number of rotatable bonds is 10. The first-order valence-corrected chi connectivity index (χ1v) is 16.8. The predicted molar refractivity (Wildman–Crippen MR) is 164 cm³/mol. The maximum absolute atomic E-state index is 13.0. The van der Waals surface area contributed by atoms with E-state index in [1.54, 1.807) is 5.57 Å².